The fourth-order valence-electron chi connectivity index (χ4n) is 1.93. The Labute approximate surface area is 112 Å². The Balaban J connectivity index is 2.81. The van der Waals surface area contributed by atoms with E-state index in [1.807, 2.05) is 6.07 Å². The molecule has 94 valence electrons. The predicted octanol–water partition coefficient (Wildman–Crippen LogP) is 1.92. The first-order valence-electron chi connectivity index (χ1n) is 5.83. The molecule has 1 aromatic carbocycles. The molecule has 0 radical (unpaired) electrons. The SMILES string of the molecule is CB(O)NCC(CCO)c1ccc(Br)cc1C. The lowest BCUT2D eigenvalue weighted by Crippen LogP contribution is -2.34. The molecule has 0 spiro atoms. The van der Waals surface area contributed by atoms with Gasteiger partial charge in [-0.1, -0.05) is 22.0 Å². The van der Waals surface area contributed by atoms with Gasteiger partial charge in [-0.3, -0.25) is 0 Å². The van der Waals surface area contributed by atoms with Gasteiger partial charge in [0, 0.05) is 11.1 Å². The quantitative estimate of drug-likeness (QED) is 0.704. The molecule has 3 nitrogen and oxygen atoms in total. The Hall–Kier alpha value is -0.355. The molecule has 0 saturated heterocycles. The van der Waals surface area contributed by atoms with Crippen molar-refractivity contribution in [3.8, 4) is 0 Å². The molecule has 1 aromatic rings. The topological polar surface area (TPSA) is 52.5 Å². The van der Waals surface area contributed by atoms with Gasteiger partial charge in [0.2, 0.25) is 0 Å². The van der Waals surface area contributed by atoms with E-state index in [9.17, 15) is 5.02 Å². The zero-order valence-electron chi connectivity index (χ0n) is 10.3. The molecule has 0 fully saturated rings. The molecule has 0 bridgehead atoms. The maximum Gasteiger partial charge on any atom is 0.373 e. The van der Waals surface area contributed by atoms with Gasteiger partial charge in [-0.25, -0.2) is 0 Å². The Kier molecular flexibility index (Phi) is 6.20. The van der Waals surface area contributed by atoms with E-state index in [1.165, 1.54) is 11.1 Å². The number of aliphatic hydroxyl groups excluding tert-OH is 1. The van der Waals surface area contributed by atoms with E-state index in [4.69, 9.17) is 5.11 Å². The number of aryl methyl sites for hydroxylation is 1. The molecule has 0 saturated carbocycles. The van der Waals surface area contributed by atoms with E-state index >= 15 is 0 Å². The summed E-state index contributed by atoms with van der Waals surface area (Å²) in [6.45, 7) is 4.58. The lowest BCUT2D eigenvalue weighted by molar-refractivity contribution is 0.275. The van der Waals surface area contributed by atoms with Crippen LogP contribution in [0.4, 0.5) is 0 Å². The first kappa shape index (κ1) is 14.7. The van der Waals surface area contributed by atoms with Gasteiger partial charge in [0.15, 0.2) is 0 Å². The second kappa shape index (κ2) is 7.16. The zero-order valence-corrected chi connectivity index (χ0v) is 11.9. The van der Waals surface area contributed by atoms with Gasteiger partial charge in [0.05, 0.1) is 0 Å². The van der Waals surface area contributed by atoms with Crippen molar-refractivity contribution in [1.82, 2.24) is 5.23 Å². The van der Waals surface area contributed by atoms with E-state index in [0.717, 1.165) is 4.47 Å². The third kappa shape index (κ3) is 4.80. The minimum Gasteiger partial charge on any atom is -0.437 e. The van der Waals surface area contributed by atoms with Gasteiger partial charge >= 0.3 is 7.05 Å². The van der Waals surface area contributed by atoms with Crippen LogP contribution in [0.15, 0.2) is 22.7 Å². The summed E-state index contributed by atoms with van der Waals surface area (Å²) in [6.07, 6.45) is 0.697. The van der Waals surface area contributed by atoms with Gasteiger partial charge < -0.3 is 15.4 Å². The van der Waals surface area contributed by atoms with Crippen molar-refractivity contribution in [3.63, 3.8) is 0 Å². The summed E-state index contributed by atoms with van der Waals surface area (Å²) in [6, 6.07) is 6.15. The third-order valence-corrected chi connectivity index (χ3v) is 3.30. The molecule has 1 rings (SSSR count). The normalized spacial score (nSPS) is 12.5. The van der Waals surface area contributed by atoms with Crippen molar-refractivity contribution < 1.29 is 10.1 Å². The van der Waals surface area contributed by atoms with E-state index in [2.05, 4.69) is 40.2 Å². The first-order valence-corrected chi connectivity index (χ1v) is 6.62. The maximum absolute atomic E-state index is 9.25. The average molecular weight is 300 g/mol. The number of aliphatic hydroxyl groups is 1. The van der Waals surface area contributed by atoms with Gasteiger partial charge in [0.25, 0.3) is 0 Å². The predicted molar refractivity (Wildman–Crippen MR) is 75.2 cm³/mol. The summed E-state index contributed by atoms with van der Waals surface area (Å²) in [5.41, 5.74) is 2.42. The van der Waals surface area contributed by atoms with Crippen LogP contribution in [0.25, 0.3) is 0 Å². The highest BCUT2D eigenvalue weighted by Gasteiger charge is 2.15. The highest BCUT2D eigenvalue weighted by atomic mass is 79.9. The van der Waals surface area contributed by atoms with Crippen molar-refractivity contribution in [2.75, 3.05) is 13.2 Å². The van der Waals surface area contributed by atoms with Crippen molar-refractivity contribution in [1.29, 1.82) is 0 Å². The maximum atomic E-state index is 9.25. The molecule has 3 N–H and O–H groups in total. The number of halogens is 1. The number of benzene rings is 1. The Morgan fingerprint density at radius 2 is 2.18 bits per heavy atom. The van der Waals surface area contributed by atoms with Gasteiger partial charge in [-0.2, -0.15) is 0 Å². The summed E-state index contributed by atoms with van der Waals surface area (Å²) < 4.78 is 1.06. The fourth-order valence-corrected chi connectivity index (χ4v) is 2.41. The number of hydrogen-bond donors (Lipinski definition) is 3. The second-order valence-electron chi connectivity index (χ2n) is 4.29. The van der Waals surface area contributed by atoms with Crippen molar-refractivity contribution in [2.24, 2.45) is 0 Å². The second-order valence-corrected chi connectivity index (χ2v) is 5.21. The summed E-state index contributed by atoms with van der Waals surface area (Å²) in [7, 11) is -0.521. The molecule has 1 atom stereocenters. The molecule has 0 aliphatic rings. The highest BCUT2D eigenvalue weighted by Crippen LogP contribution is 2.25. The summed E-state index contributed by atoms with van der Waals surface area (Å²) in [4.78, 5) is 0. The molecule has 0 aliphatic carbocycles. The molecule has 0 amide bonds. The van der Waals surface area contributed by atoms with Crippen molar-refractivity contribution >= 4 is 23.0 Å². The van der Waals surface area contributed by atoms with Crippen molar-refractivity contribution in [2.45, 2.75) is 26.1 Å². The van der Waals surface area contributed by atoms with Crippen LogP contribution in [0.3, 0.4) is 0 Å². The smallest absolute Gasteiger partial charge is 0.373 e. The van der Waals surface area contributed by atoms with Gasteiger partial charge in [0.1, 0.15) is 0 Å². The Morgan fingerprint density at radius 3 is 2.71 bits per heavy atom. The Morgan fingerprint density at radius 1 is 1.47 bits per heavy atom. The first-order chi connectivity index (χ1) is 8.04. The Bertz CT molecular complexity index is 360. The lowest BCUT2D eigenvalue weighted by atomic mass is 9.85. The number of nitrogens with one attached hydrogen (secondary N) is 1. The van der Waals surface area contributed by atoms with Crippen molar-refractivity contribution in [3.05, 3.63) is 33.8 Å². The van der Waals surface area contributed by atoms with Crippen LogP contribution in [-0.4, -0.2) is 30.3 Å². The minimum atomic E-state index is -0.521. The van der Waals surface area contributed by atoms with Crippen LogP contribution in [0.5, 0.6) is 0 Å². The van der Waals surface area contributed by atoms with E-state index in [0.29, 0.717) is 13.0 Å². The summed E-state index contributed by atoms with van der Waals surface area (Å²) >= 11 is 3.44. The molecular weight excluding hydrogens is 281 g/mol. The third-order valence-electron chi connectivity index (χ3n) is 2.81. The van der Waals surface area contributed by atoms with Crippen LogP contribution in [0, 0.1) is 6.92 Å². The van der Waals surface area contributed by atoms with E-state index in [1.54, 1.807) is 6.82 Å². The van der Waals surface area contributed by atoms with Crippen LogP contribution < -0.4 is 5.23 Å². The standard InChI is InChI=1S/C12H19BBrNO2/c1-9-7-11(14)3-4-12(9)10(5-6-16)8-15-13(2)17/h3-4,7,10,15-17H,5-6,8H2,1-2H3. The minimum absolute atomic E-state index is 0.154. The highest BCUT2D eigenvalue weighted by molar-refractivity contribution is 9.10. The summed E-state index contributed by atoms with van der Waals surface area (Å²) in [5.74, 6) is 0.225. The van der Waals surface area contributed by atoms with E-state index in [-0.39, 0.29) is 12.5 Å². The zero-order chi connectivity index (χ0) is 12.8. The molecule has 0 aliphatic heterocycles. The molecule has 0 heterocycles. The van der Waals surface area contributed by atoms with Crippen LogP contribution >= 0.6 is 15.9 Å². The molecule has 5 heteroatoms. The van der Waals surface area contributed by atoms with Gasteiger partial charge in [-0.15, -0.1) is 0 Å². The molecule has 1 unspecified atom stereocenters. The van der Waals surface area contributed by atoms with Crippen LogP contribution in [-0.2, 0) is 0 Å². The van der Waals surface area contributed by atoms with Crippen LogP contribution in [0.2, 0.25) is 6.82 Å². The number of hydrogen-bond acceptors (Lipinski definition) is 3. The molecular formula is C12H19BBrNO2. The monoisotopic (exact) mass is 299 g/mol. The lowest BCUT2D eigenvalue weighted by Gasteiger charge is -2.20. The molecule has 0 aromatic heterocycles. The fraction of sp³-hybridized carbons (Fsp3) is 0.500. The van der Waals surface area contributed by atoms with E-state index < -0.39 is 7.05 Å². The summed E-state index contributed by atoms with van der Waals surface area (Å²) in [5, 5.41) is 21.4. The molecule has 17 heavy (non-hydrogen) atoms. The van der Waals surface area contributed by atoms with Crippen LogP contribution in [0.1, 0.15) is 23.5 Å². The average Bonchev–Trinajstić information content (AvgIpc) is 2.24. The number of rotatable bonds is 6. The van der Waals surface area contributed by atoms with Gasteiger partial charge in [-0.05, 0) is 55.9 Å². The largest absolute Gasteiger partial charge is 0.437 e.